The number of carbonyl (C=O) groups is 2. The van der Waals surface area contributed by atoms with Crippen molar-refractivity contribution in [2.75, 3.05) is 26.7 Å². The summed E-state index contributed by atoms with van der Waals surface area (Å²) in [4.78, 5) is 28.8. The van der Waals surface area contributed by atoms with Crippen LogP contribution in [-0.4, -0.2) is 66.4 Å². The van der Waals surface area contributed by atoms with E-state index in [4.69, 9.17) is 5.73 Å². The largest absolute Gasteiger partial charge is 0.358 e. The van der Waals surface area contributed by atoms with Gasteiger partial charge in [-0.3, -0.25) is 14.5 Å². The lowest BCUT2D eigenvalue weighted by Crippen LogP contribution is -2.51. The lowest BCUT2D eigenvalue weighted by atomic mass is 10.0. The van der Waals surface area contributed by atoms with Crippen LogP contribution in [0, 0.1) is 0 Å². The quantitative estimate of drug-likeness (QED) is 0.843. The Morgan fingerprint density at radius 2 is 1.83 bits per heavy atom. The van der Waals surface area contributed by atoms with Crippen LogP contribution in [0.15, 0.2) is 30.3 Å². The SMILES string of the molecule is CNC(=O)[C@@H]1C[C@@H](N)CN1C1CCN(C(=O)c2ccccc2)CC1. The van der Waals surface area contributed by atoms with Gasteiger partial charge in [0.1, 0.15) is 0 Å². The van der Waals surface area contributed by atoms with E-state index in [-0.39, 0.29) is 23.9 Å². The molecule has 1 aromatic rings. The van der Waals surface area contributed by atoms with E-state index in [9.17, 15) is 9.59 Å². The van der Waals surface area contributed by atoms with Gasteiger partial charge < -0.3 is 16.0 Å². The van der Waals surface area contributed by atoms with Gasteiger partial charge in [0.05, 0.1) is 6.04 Å². The van der Waals surface area contributed by atoms with Gasteiger partial charge in [0.25, 0.3) is 5.91 Å². The van der Waals surface area contributed by atoms with Crippen molar-refractivity contribution < 1.29 is 9.59 Å². The molecule has 0 radical (unpaired) electrons. The minimum absolute atomic E-state index is 0.0470. The van der Waals surface area contributed by atoms with Crippen LogP contribution in [0.2, 0.25) is 0 Å². The molecule has 2 atom stereocenters. The van der Waals surface area contributed by atoms with Gasteiger partial charge in [-0.1, -0.05) is 18.2 Å². The highest BCUT2D eigenvalue weighted by Gasteiger charge is 2.40. The molecule has 3 rings (SSSR count). The summed E-state index contributed by atoms with van der Waals surface area (Å²) in [5.41, 5.74) is 6.82. The smallest absolute Gasteiger partial charge is 0.253 e. The number of hydrogen-bond donors (Lipinski definition) is 2. The number of likely N-dealkylation sites (tertiary alicyclic amines) is 2. The van der Waals surface area contributed by atoms with Crippen molar-refractivity contribution in [2.24, 2.45) is 5.73 Å². The second-order valence-corrected chi connectivity index (χ2v) is 6.71. The molecule has 130 valence electrons. The molecule has 6 nitrogen and oxygen atoms in total. The number of nitrogens with two attached hydrogens (primary N) is 1. The molecule has 0 saturated carbocycles. The summed E-state index contributed by atoms with van der Waals surface area (Å²) >= 11 is 0. The predicted octanol–water partition coefficient (Wildman–Crippen LogP) is 0.439. The number of piperidine rings is 1. The highest BCUT2D eigenvalue weighted by Crippen LogP contribution is 2.26. The number of likely N-dealkylation sites (N-methyl/N-ethyl adjacent to an activating group) is 1. The molecule has 0 aromatic heterocycles. The monoisotopic (exact) mass is 330 g/mol. The molecule has 0 unspecified atom stereocenters. The van der Waals surface area contributed by atoms with E-state index in [1.54, 1.807) is 7.05 Å². The lowest BCUT2D eigenvalue weighted by Gasteiger charge is -2.38. The van der Waals surface area contributed by atoms with Crippen LogP contribution in [0.3, 0.4) is 0 Å². The van der Waals surface area contributed by atoms with Crippen molar-refractivity contribution in [1.82, 2.24) is 15.1 Å². The zero-order valence-electron chi connectivity index (χ0n) is 14.1. The highest BCUT2D eigenvalue weighted by molar-refractivity contribution is 5.94. The summed E-state index contributed by atoms with van der Waals surface area (Å²) in [6.07, 6.45) is 2.49. The fourth-order valence-corrected chi connectivity index (χ4v) is 3.89. The van der Waals surface area contributed by atoms with Gasteiger partial charge in [-0.25, -0.2) is 0 Å². The molecule has 2 aliphatic heterocycles. The van der Waals surface area contributed by atoms with Gasteiger partial charge in [-0.05, 0) is 31.4 Å². The first-order valence-electron chi connectivity index (χ1n) is 8.67. The third-order valence-corrected chi connectivity index (χ3v) is 5.16. The molecule has 0 bridgehead atoms. The van der Waals surface area contributed by atoms with Crippen LogP contribution < -0.4 is 11.1 Å². The number of nitrogens with zero attached hydrogens (tertiary/aromatic N) is 2. The molecule has 1 aromatic carbocycles. The molecule has 6 heteroatoms. The van der Waals surface area contributed by atoms with Crippen LogP contribution in [0.1, 0.15) is 29.6 Å². The molecule has 2 heterocycles. The Labute approximate surface area is 143 Å². The van der Waals surface area contributed by atoms with Crippen LogP contribution in [0.4, 0.5) is 0 Å². The normalized spacial score (nSPS) is 25.7. The minimum Gasteiger partial charge on any atom is -0.358 e. The van der Waals surface area contributed by atoms with Crippen molar-refractivity contribution in [1.29, 1.82) is 0 Å². The average molecular weight is 330 g/mol. The maximum Gasteiger partial charge on any atom is 0.253 e. The highest BCUT2D eigenvalue weighted by atomic mass is 16.2. The van der Waals surface area contributed by atoms with Gasteiger partial charge in [0, 0.05) is 44.3 Å². The molecular formula is C18H26N4O2. The first-order valence-corrected chi connectivity index (χ1v) is 8.67. The fourth-order valence-electron chi connectivity index (χ4n) is 3.89. The van der Waals surface area contributed by atoms with E-state index in [1.807, 2.05) is 35.2 Å². The summed E-state index contributed by atoms with van der Waals surface area (Å²) < 4.78 is 0. The predicted molar refractivity (Wildman–Crippen MR) is 92.5 cm³/mol. The molecule has 2 aliphatic rings. The third-order valence-electron chi connectivity index (χ3n) is 5.16. The summed E-state index contributed by atoms with van der Waals surface area (Å²) in [7, 11) is 1.67. The van der Waals surface area contributed by atoms with Crippen molar-refractivity contribution in [2.45, 2.75) is 37.4 Å². The molecule has 0 aliphatic carbocycles. The van der Waals surface area contributed by atoms with Crippen LogP contribution in [-0.2, 0) is 4.79 Å². The van der Waals surface area contributed by atoms with Crippen molar-refractivity contribution in [3.63, 3.8) is 0 Å². The molecule has 3 N–H and O–H groups in total. The third kappa shape index (κ3) is 3.44. The summed E-state index contributed by atoms with van der Waals surface area (Å²) in [6, 6.07) is 9.64. The molecule has 2 fully saturated rings. The Balaban J connectivity index is 1.60. The lowest BCUT2D eigenvalue weighted by molar-refractivity contribution is -0.126. The van der Waals surface area contributed by atoms with Gasteiger partial charge in [0.2, 0.25) is 5.91 Å². The van der Waals surface area contributed by atoms with Crippen LogP contribution in [0.5, 0.6) is 0 Å². The van der Waals surface area contributed by atoms with E-state index in [0.717, 1.165) is 38.0 Å². The Hall–Kier alpha value is -1.92. The van der Waals surface area contributed by atoms with E-state index in [2.05, 4.69) is 10.2 Å². The second kappa shape index (κ2) is 7.32. The topological polar surface area (TPSA) is 78.7 Å². The Morgan fingerprint density at radius 3 is 2.46 bits per heavy atom. The van der Waals surface area contributed by atoms with E-state index >= 15 is 0 Å². The Morgan fingerprint density at radius 1 is 1.17 bits per heavy atom. The maximum atomic E-state index is 12.5. The number of amides is 2. The minimum atomic E-state index is -0.133. The number of nitrogens with one attached hydrogen (secondary N) is 1. The van der Waals surface area contributed by atoms with E-state index in [0.29, 0.717) is 12.5 Å². The van der Waals surface area contributed by atoms with Crippen molar-refractivity contribution in [3.05, 3.63) is 35.9 Å². The van der Waals surface area contributed by atoms with E-state index < -0.39 is 0 Å². The summed E-state index contributed by atoms with van der Waals surface area (Å²) in [6.45, 7) is 2.21. The molecule has 2 saturated heterocycles. The van der Waals surface area contributed by atoms with Gasteiger partial charge in [0.15, 0.2) is 0 Å². The Bertz CT molecular complexity index is 584. The van der Waals surface area contributed by atoms with Gasteiger partial charge in [-0.15, -0.1) is 0 Å². The number of carbonyl (C=O) groups excluding carboxylic acids is 2. The maximum absolute atomic E-state index is 12.5. The van der Waals surface area contributed by atoms with Crippen molar-refractivity contribution in [3.8, 4) is 0 Å². The average Bonchev–Trinajstić information content (AvgIpc) is 3.03. The summed E-state index contributed by atoms with van der Waals surface area (Å²) in [5.74, 6) is 0.140. The molecule has 24 heavy (non-hydrogen) atoms. The first-order chi connectivity index (χ1) is 11.6. The zero-order valence-corrected chi connectivity index (χ0v) is 14.1. The summed E-state index contributed by atoms with van der Waals surface area (Å²) in [5, 5.41) is 2.74. The number of rotatable bonds is 3. The number of benzene rings is 1. The standard InChI is InChI=1S/C18H26N4O2/c1-20-17(23)16-11-14(19)12-22(16)15-7-9-21(10-8-15)18(24)13-5-3-2-4-6-13/h2-6,14-16H,7-12,19H2,1H3,(H,20,23)/t14-,16+/m1/s1. The number of hydrogen-bond acceptors (Lipinski definition) is 4. The first kappa shape index (κ1) is 16.9. The van der Waals surface area contributed by atoms with Crippen LogP contribution >= 0.6 is 0 Å². The fraction of sp³-hybridized carbons (Fsp3) is 0.556. The van der Waals surface area contributed by atoms with Crippen LogP contribution in [0.25, 0.3) is 0 Å². The van der Waals surface area contributed by atoms with E-state index in [1.165, 1.54) is 0 Å². The molecular weight excluding hydrogens is 304 g/mol. The second-order valence-electron chi connectivity index (χ2n) is 6.71. The van der Waals surface area contributed by atoms with Gasteiger partial charge in [-0.2, -0.15) is 0 Å². The molecule has 0 spiro atoms. The Kier molecular flexibility index (Phi) is 5.16. The zero-order chi connectivity index (χ0) is 17.1. The van der Waals surface area contributed by atoms with Crippen molar-refractivity contribution >= 4 is 11.8 Å². The molecule has 2 amide bonds. The van der Waals surface area contributed by atoms with Gasteiger partial charge >= 0.3 is 0 Å².